The van der Waals surface area contributed by atoms with Gasteiger partial charge in [-0.25, -0.2) is 0 Å². The van der Waals surface area contributed by atoms with Gasteiger partial charge in [-0.05, 0) is 64.2 Å². The van der Waals surface area contributed by atoms with Crippen LogP contribution in [0.5, 0.6) is 0 Å². The Morgan fingerprint density at radius 1 is 1.03 bits per heavy atom. The standard InChI is InChI=1S/C24H18BrCl3F6N2O2/c25-16-9-12(2-4-15(24(32,33)34)13-10-17(26)19(28)18(27)11-13)1-3-14(16)20(37)36-22(5-6-22)21(38)35-8-7-23(29,30)31/h1-4,9-11,15H,5-8H2,(H,35,38)(H,36,37). The van der Waals surface area contributed by atoms with Crippen molar-refractivity contribution >= 4 is 68.6 Å². The summed E-state index contributed by atoms with van der Waals surface area (Å²) in [6.45, 7) is -0.613. The maximum atomic E-state index is 13.8. The van der Waals surface area contributed by atoms with E-state index in [2.05, 4.69) is 26.6 Å². The third kappa shape index (κ3) is 7.80. The molecule has 4 nitrogen and oxygen atoms in total. The van der Waals surface area contributed by atoms with Crippen molar-refractivity contribution < 1.29 is 35.9 Å². The summed E-state index contributed by atoms with van der Waals surface area (Å²) in [6.07, 6.45) is -7.67. The molecular formula is C24H18BrCl3F6N2O2. The number of halogens is 10. The van der Waals surface area contributed by atoms with Crippen molar-refractivity contribution in [2.24, 2.45) is 0 Å². The highest BCUT2D eigenvalue weighted by atomic mass is 79.9. The zero-order valence-corrected chi connectivity index (χ0v) is 22.9. The zero-order valence-electron chi connectivity index (χ0n) is 19.0. The number of hydrogen-bond donors (Lipinski definition) is 2. The summed E-state index contributed by atoms with van der Waals surface area (Å²) in [6, 6.07) is 6.30. The molecular weight excluding hydrogens is 649 g/mol. The van der Waals surface area contributed by atoms with Gasteiger partial charge in [0.25, 0.3) is 5.91 Å². The number of carbonyl (C=O) groups excluding carboxylic acids is 2. The van der Waals surface area contributed by atoms with Crippen molar-refractivity contribution in [2.75, 3.05) is 6.54 Å². The Labute approximate surface area is 236 Å². The molecule has 0 heterocycles. The molecule has 3 rings (SSSR count). The molecule has 0 saturated heterocycles. The molecule has 2 aromatic rings. The summed E-state index contributed by atoms with van der Waals surface area (Å²) in [5.74, 6) is -3.44. The number of amides is 2. The van der Waals surface area contributed by atoms with Gasteiger partial charge in [0.15, 0.2) is 0 Å². The number of rotatable bonds is 8. The minimum Gasteiger partial charge on any atom is -0.354 e. The van der Waals surface area contributed by atoms with E-state index in [0.29, 0.717) is 5.56 Å². The van der Waals surface area contributed by atoms with Crippen LogP contribution in [0, 0.1) is 0 Å². The highest BCUT2D eigenvalue weighted by Crippen LogP contribution is 2.41. The second kappa shape index (κ2) is 11.7. The molecule has 0 spiro atoms. The number of alkyl halides is 6. The van der Waals surface area contributed by atoms with Gasteiger partial charge >= 0.3 is 12.4 Å². The summed E-state index contributed by atoms with van der Waals surface area (Å²) < 4.78 is 78.5. The van der Waals surface area contributed by atoms with Gasteiger partial charge in [0.2, 0.25) is 5.91 Å². The topological polar surface area (TPSA) is 58.2 Å². The minimum absolute atomic E-state index is 0.0634. The van der Waals surface area contributed by atoms with E-state index in [4.69, 9.17) is 34.8 Å². The SMILES string of the molecule is O=C(NC1(C(=O)NCCC(F)(F)F)CC1)c1ccc(C=CC(c2cc(Cl)c(Cl)c(Cl)c2)C(F)(F)F)cc1Br. The van der Waals surface area contributed by atoms with Crippen molar-refractivity contribution in [2.45, 2.75) is 43.1 Å². The Morgan fingerprint density at radius 3 is 2.13 bits per heavy atom. The third-order valence-electron chi connectivity index (χ3n) is 5.67. The van der Waals surface area contributed by atoms with Gasteiger partial charge in [-0.3, -0.25) is 9.59 Å². The molecule has 1 saturated carbocycles. The van der Waals surface area contributed by atoms with Crippen LogP contribution in [-0.4, -0.2) is 36.3 Å². The fourth-order valence-electron chi connectivity index (χ4n) is 3.50. The third-order valence-corrected chi connectivity index (χ3v) is 7.52. The van der Waals surface area contributed by atoms with Crippen LogP contribution in [0.3, 0.4) is 0 Å². The minimum atomic E-state index is -4.67. The molecule has 2 N–H and O–H groups in total. The largest absolute Gasteiger partial charge is 0.399 e. The zero-order chi connectivity index (χ0) is 28.5. The molecule has 2 amide bonds. The Kier molecular flexibility index (Phi) is 9.38. The van der Waals surface area contributed by atoms with Crippen LogP contribution < -0.4 is 10.6 Å². The predicted octanol–water partition coefficient (Wildman–Crippen LogP) is 8.10. The monoisotopic (exact) mass is 664 g/mol. The van der Waals surface area contributed by atoms with Crippen LogP contribution in [0.25, 0.3) is 6.08 Å². The summed E-state index contributed by atoms with van der Waals surface area (Å²) in [5, 5.41) is 4.39. The Hall–Kier alpha value is -1.95. The summed E-state index contributed by atoms with van der Waals surface area (Å²) >= 11 is 20.8. The molecule has 0 radical (unpaired) electrons. The Balaban J connectivity index is 1.73. The second-order valence-corrected chi connectivity index (χ2v) is 10.6. The van der Waals surface area contributed by atoms with E-state index in [1.807, 2.05) is 0 Å². The lowest BCUT2D eigenvalue weighted by atomic mass is 9.97. The van der Waals surface area contributed by atoms with E-state index in [0.717, 1.165) is 18.2 Å². The van der Waals surface area contributed by atoms with E-state index in [1.165, 1.54) is 24.3 Å². The van der Waals surface area contributed by atoms with Gasteiger partial charge < -0.3 is 10.6 Å². The molecule has 1 fully saturated rings. The highest BCUT2D eigenvalue weighted by molar-refractivity contribution is 9.10. The molecule has 1 atom stereocenters. The molecule has 2 aromatic carbocycles. The van der Waals surface area contributed by atoms with Crippen molar-refractivity contribution in [1.82, 2.24) is 10.6 Å². The van der Waals surface area contributed by atoms with Crippen LogP contribution in [0.4, 0.5) is 26.3 Å². The van der Waals surface area contributed by atoms with Crippen LogP contribution >= 0.6 is 50.7 Å². The quantitative estimate of drug-likeness (QED) is 0.221. The van der Waals surface area contributed by atoms with Gasteiger partial charge in [0.1, 0.15) is 5.54 Å². The lowest BCUT2D eigenvalue weighted by Crippen LogP contribution is -2.49. The normalized spacial score (nSPS) is 15.8. The van der Waals surface area contributed by atoms with Crippen molar-refractivity contribution in [1.29, 1.82) is 0 Å². The van der Waals surface area contributed by atoms with Crippen molar-refractivity contribution in [3.05, 3.63) is 72.6 Å². The summed E-state index contributed by atoms with van der Waals surface area (Å²) in [4.78, 5) is 25.0. The second-order valence-electron chi connectivity index (χ2n) is 8.57. The van der Waals surface area contributed by atoms with E-state index < -0.39 is 48.6 Å². The number of allylic oxidation sites excluding steroid dienone is 1. The van der Waals surface area contributed by atoms with Gasteiger partial charge in [-0.1, -0.05) is 53.0 Å². The molecule has 1 aliphatic rings. The first kappa shape index (κ1) is 30.6. The molecule has 0 aliphatic heterocycles. The molecule has 0 aromatic heterocycles. The van der Waals surface area contributed by atoms with Crippen molar-refractivity contribution in [3.8, 4) is 0 Å². The van der Waals surface area contributed by atoms with Gasteiger partial charge in [-0.15, -0.1) is 0 Å². The number of nitrogens with one attached hydrogen (secondary N) is 2. The average Bonchev–Trinajstić information content (AvgIpc) is 3.56. The lowest BCUT2D eigenvalue weighted by Gasteiger charge is -2.19. The Morgan fingerprint density at radius 2 is 1.63 bits per heavy atom. The summed E-state index contributed by atoms with van der Waals surface area (Å²) in [7, 11) is 0. The van der Waals surface area contributed by atoms with E-state index in [1.54, 1.807) is 0 Å². The molecule has 0 bridgehead atoms. The van der Waals surface area contributed by atoms with Gasteiger partial charge in [-0.2, -0.15) is 26.3 Å². The molecule has 206 valence electrons. The van der Waals surface area contributed by atoms with Crippen LogP contribution in [0.15, 0.2) is 40.9 Å². The lowest BCUT2D eigenvalue weighted by molar-refractivity contribution is -0.139. The number of benzene rings is 2. The van der Waals surface area contributed by atoms with E-state index in [-0.39, 0.29) is 43.5 Å². The van der Waals surface area contributed by atoms with Crippen LogP contribution in [-0.2, 0) is 4.79 Å². The first-order chi connectivity index (χ1) is 17.5. The Bertz CT molecular complexity index is 1240. The number of hydrogen-bond acceptors (Lipinski definition) is 2. The fraction of sp³-hybridized carbons (Fsp3) is 0.333. The fourth-order valence-corrected chi connectivity index (χ4v) is 4.69. The van der Waals surface area contributed by atoms with E-state index in [9.17, 15) is 35.9 Å². The first-order valence-corrected chi connectivity index (χ1v) is 12.8. The summed E-state index contributed by atoms with van der Waals surface area (Å²) in [5.41, 5.74) is -1.12. The average molecular weight is 667 g/mol. The van der Waals surface area contributed by atoms with Crippen LogP contribution in [0.1, 0.15) is 46.7 Å². The maximum absolute atomic E-state index is 13.8. The molecule has 1 aliphatic carbocycles. The van der Waals surface area contributed by atoms with E-state index >= 15 is 0 Å². The molecule has 14 heteroatoms. The number of carbonyl (C=O) groups is 2. The highest BCUT2D eigenvalue weighted by Gasteiger charge is 2.51. The first-order valence-electron chi connectivity index (χ1n) is 10.9. The van der Waals surface area contributed by atoms with Crippen LogP contribution in [0.2, 0.25) is 15.1 Å². The molecule has 1 unspecified atom stereocenters. The smallest absolute Gasteiger partial charge is 0.354 e. The predicted molar refractivity (Wildman–Crippen MR) is 137 cm³/mol. The maximum Gasteiger partial charge on any atom is 0.399 e. The molecule has 38 heavy (non-hydrogen) atoms. The van der Waals surface area contributed by atoms with Gasteiger partial charge in [0.05, 0.1) is 33.0 Å². The van der Waals surface area contributed by atoms with Crippen molar-refractivity contribution in [3.63, 3.8) is 0 Å². The van der Waals surface area contributed by atoms with Gasteiger partial charge in [0, 0.05) is 11.0 Å².